The van der Waals surface area contributed by atoms with Crippen LogP contribution in [0.2, 0.25) is 0 Å². The van der Waals surface area contributed by atoms with Gasteiger partial charge in [0, 0.05) is 25.3 Å². The Balaban J connectivity index is 0.00000288. The monoisotopic (exact) mass is 444 g/mol. The Kier molecular flexibility index (Phi) is 9.10. The van der Waals surface area contributed by atoms with Gasteiger partial charge >= 0.3 is 0 Å². The molecule has 5 nitrogen and oxygen atoms in total. The number of rotatable bonds is 5. The first-order chi connectivity index (χ1) is 11.1. The summed E-state index contributed by atoms with van der Waals surface area (Å²) in [5.74, 6) is 1.29. The number of halogens is 1. The van der Waals surface area contributed by atoms with Crippen LogP contribution in [0.3, 0.4) is 0 Å². The number of guanidine groups is 1. The van der Waals surface area contributed by atoms with Gasteiger partial charge in [0.05, 0.1) is 0 Å². The normalized spacial score (nSPS) is 14.0. The van der Waals surface area contributed by atoms with Crippen LogP contribution in [0.15, 0.2) is 29.3 Å². The van der Waals surface area contributed by atoms with E-state index in [2.05, 4.69) is 35.5 Å². The summed E-state index contributed by atoms with van der Waals surface area (Å²) in [7, 11) is 0. The molecule has 24 heavy (non-hydrogen) atoms. The topological polar surface area (TPSA) is 56.7 Å². The van der Waals surface area contributed by atoms with Crippen molar-refractivity contribution < 1.29 is 4.79 Å². The SMILES string of the molecule is CCNC(=NCC(=O)N1CCCc2ccccc21)NCC(C)C.I. The van der Waals surface area contributed by atoms with Crippen molar-refractivity contribution in [3.8, 4) is 0 Å². The van der Waals surface area contributed by atoms with Crippen molar-refractivity contribution in [1.82, 2.24) is 10.6 Å². The second-order valence-corrected chi connectivity index (χ2v) is 6.25. The van der Waals surface area contributed by atoms with Gasteiger partial charge in [-0.2, -0.15) is 0 Å². The van der Waals surface area contributed by atoms with Crippen LogP contribution in [-0.4, -0.2) is 38.0 Å². The molecule has 1 aromatic carbocycles. The summed E-state index contributed by atoms with van der Waals surface area (Å²) in [4.78, 5) is 18.9. The fraction of sp³-hybridized carbons (Fsp3) is 0.556. The Labute approximate surface area is 162 Å². The van der Waals surface area contributed by atoms with Crippen LogP contribution in [0.4, 0.5) is 5.69 Å². The van der Waals surface area contributed by atoms with Crippen molar-refractivity contribution in [3.63, 3.8) is 0 Å². The lowest BCUT2D eigenvalue weighted by molar-refractivity contribution is -0.117. The Morgan fingerprint density at radius 3 is 2.75 bits per heavy atom. The van der Waals surface area contributed by atoms with Gasteiger partial charge in [0.1, 0.15) is 6.54 Å². The minimum absolute atomic E-state index is 0. The van der Waals surface area contributed by atoms with Gasteiger partial charge in [-0.3, -0.25) is 4.79 Å². The van der Waals surface area contributed by atoms with E-state index in [4.69, 9.17) is 0 Å². The van der Waals surface area contributed by atoms with Crippen LogP contribution in [0.5, 0.6) is 0 Å². The highest BCUT2D eigenvalue weighted by Gasteiger charge is 2.21. The number of carbonyl (C=O) groups excluding carboxylic acids is 1. The maximum absolute atomic E-state index is 12.6. The molecule has 0 aromatic heterocycles. The lowest BCUT2D eigenvalue weighted by Crippen LogP contribution is -2.41. The highest BCUT2D eigenvalue weighted by molar-refractivity contribution is 14.0. The van der Waals surface area contributed by atoms with Gasteiger partial charge in [0.25, 0.3) is 0 Å². The Hall–Kier alpha value is -1.31. The molecule has 0 unspecified atom stereocenters. The second kappa shape index (κ2) is 10.5. The Morgan fingerprint density at radius 2 is 2.04 bits per heavy atom. The van der Waals surface area contributed by atoms with E-state index in [1.54, 1.807) is 0 Å². The molecule has 0 saturated carbocycles. The number of nitrogens with one attached hydrogen (secondary N) is 2. The summed E-state index contributed by atoms with van der Waals surface area (Å²) in [6.07, 6.45) is 2.06. The quantitative estimate of drug-likeness (QED) is 0.417. The van der Waals surface area contributed by atoms with Crippen LogP contribution >= 0.6 is 24.0 Å². The number of aryl methyl sites for hydroxylation is 1. The predicted octanol–water partition coefficient (Wildman–Crippen LogP) is 2.79. The molecule has 0 spiro atoms. The van der Waals surface area contributed by atoms with Crippen molar-refractivity contribution >= 4 is 41.5 Å². The van der Waals surface area contributed by atoms with Gasteiger partial charge in [-0.05, 0) is 37.3 Å². The van der Waals surface area contributed by atoms with Gasteiger partial charge in [-0.1, -0.05) is 32.0 Å². The summed E-state index contributed by atoms with van der Waals surface area (Å²) < 4.78 is 0. The maximum atomic E-state index is 12.6. The summed E-state index contributed by atoms with van der Waals surface area (Å²) in [5, 5.41) is 6.45. The number of amides is 1. The minimum Gasteiger partial charge on any atom is -0.357 e. The van der Waals surface area contributed by atoms with E-state index >= 15 is 0 Å². The molecule has 0 aliphatic carbocycles. The number of aliphatic imine (C=N–C) groups is 1. The predicted molar refractivity (Wildman–Crippen MR) is 111 cm³/mol. The zero-order chi connectivity index (χ0) is 16.7. The molecular weight excluding hydrogens is 415 g/mol. The molecule has 2 N–H and O–H groups in total. The summed E-state index contributed by atoms with van der Waals surface area (Å²) in [6.45, 7) is 8.88. The molecule has 1 aromatic rings. The number of fused-ring (bicyclic) bond motifs is 1. The third-order valence-electron chi connectivity index (χ3n) is 3.81. The Morgan fingerprint density at radius 1 is 1.29 bits per heavy atom. The van der Waals surface area contributed by atoms with Gasteiger partial charge in [-0.15, -0.1) is 24.0 Å². The van der Waals surface area contributed by atoms with Crippen molar-refractivity contribution in [3.05, 3.63) is 29.8 Å². The number of para-hydroxylation sites is 1. The highest BCUT2D eigenvalue weighted by Crippen LogP contribution is 2.26. The number of nitrogens with zero attached hydrogens (tertiary/aromatic N) is 2. The zero-order valence-electron chi connectivity index (χ0n) is 14.8. The van der Waals surface area contributed by atoms with Gasteiger partial charge in [0.2, 0.25) is 5.91 Å². The fourth-order valence-electron chi connectivity index (χ4n) is 2.67. The van der Waals surface area contributed by atoms with E-state index in [0.717, 1.165) is 38.2 Å². The van der Waals surface area contributed by atoms with Crippen LogP contribution in [-0.2, 0) is 11.2 Å². The lowest BCUT2D eigenvalue weighted by Gasteiger charge is -2.29. The summed E-state index contributed by atoms with van der Waals surface area (Å²) >= 11 is 0. The van der Waals surface area contributed by atoms with Crippen LogP contribution in [0.1, 0.15) is 32.8 Å². The van der Waals surface area contributed by atoms with E-state index in [1.807, 2.05) is 30.0 Å². The maximum Gasteiger partial charge on any atom is 0.248 e. The number of hydrogen-bond acceptors (Lipinski definition) is 2. The summed E-state index contributed by atoms with van der Waals surface area (Å²) in [5.41, 5.74) is 2.29. The van der Waals surface area contributed by atoms with Gasteiger partial charge in [-0.25, -0.2) is 4.99 Å². The molecule has 1 aliphatic rings. The van der Waals surface area contributed by atoms with Gasteiger partial charge < -0.3 is 15.5 Å². The zero-order valence-corrected chi connectivity index (χ0v) is 17.2. The van der Waals surface area contributed by atoms with E-state index in [0.29, 0.717) is 11.9 Å². The molecule has 0 radical (unpaired) electrons. The van der Waals surface area contributed by atoms with Crippen molar-refractivity contribution in [1.29, 1.82) is 0 Å². The van der Waals surface area contributed by atoms with Crippen LogP contribution < -0.4 is 15.5 Å². The first-order valence-corrected chi connectivity index (χ1v) is 8.52. The van der Waals surface area contributed by atoms with E-state index in [1.165, 1.54) is 5.56 Å². The Bertz CT molecular complexity index is 560. The fourth-order valence-corrected chi connectivity index (χ4v) is 2.67. The van der Waals surface area contributed by atoms with Crippen molar-refractivity contribution in [2.75, 3.05) is 31.1 Å². The number of hydrogen-bond donors (Lipinski definition) is 2. The van der Waals surface area contributed by atoms with E-state index in [-0.39, 0.29) is 36.4 Å². The number of benzene rings is 1. The lowest BCUT2D eigenvalue weighted by atomic mass is 10.0. The van der Waals surface area contributed by atoms with Crippen molar-refractivity contribution in [2.24, 2.45) is 10.9 Å². The molecule has 0 saturated heterocycles. The molecule has 2 rings (SSSR count). The third-order valence-corrected chi connectivity index (χ3v) is 3.81. The number of anilines is 1. The smallest absolute Gasteiger partial charge is 0.248 e. The second-order valence-electron chi connectivity index (χ2n) is 6.25. The van der Waals surface area contributed by atoms with Crippen molar-refractivity contribution in [2.45, 2.75) is 33.6 Å². The molecule has 0 bridgehead atoms. The molecule has 0 fully saturated rings. The van der Waals surface area contributed by atoms with E-state index < -0.39 is 0 Å². The number of carbonyl (C=O) groups is 1. The average Bonchev–Trinajstić information content (AvgIpc) is 2.56. The molecule has 6 heteroatoms. The molecule has 0 atom stereocenters. The molecule has 1 heterocycles. The first-order valence-electron chi connectivity index (χ1n) is 8.52. The highest BCUT2D eigenvalue weighted by atomic mass is 127. The largest absolute Gasteiger partial charge is 0.357 e. The standard InChI is InChI=1S/C18H28N4O.HI/c1-4-19-18(20-12-14(2)3)21-13-17(23)22-11-7-9-15-8-5-6-10-16(15)22;/h5-6,8,10,14H,4,7,9,11-13H2,1-3H3,(H2,19,20,21);1H. The molecule has 1 aliphatic heterocycles. The first kappa shape index (κ1) is 20.7. The average molecular weight is 444 g/mol. The summed E-state index contributed by atoms with van der Waals surface area (Å²) in [6, 6.07) is 8.15. The molecule has 1 amide bonds. The van der Waals surface area contributed by atoms with Crippen LogP contribution in [0, 0.1) is 5.92 Å². The third kappa shape index (κ3) is 5.96. The van der Waals surface area contributed by atoms with E-state index in [9.17, 15) is 4.79 Å². The van der Waals surface area contributed by atoms with Crippen LogP contribution in [0.25, 0.3) is 0 Å². The molecular formula is C18H29IN4O. The minimum atomic E-state index is 0. The van der Waals surface area contributed by atoms with Gasteiger partial charge in [0.15, 0.2) is 5.96 Å². The molecule has 134 valence electrons.